The minimum atomic E-state index is 0.429. The van der Waals surface area contributed by atoms with E-state index < -0.39 is 0 Å². The van der Waals surface area contributed by atoms with Crippen LogP contribution in [0.25, 0.3) is 11.5 Å². The van der Waals surface area contributed by atoms with E-state index in [9.17, 15) is 0 Å². The van der Waals surface area contributed by atoms with Gasteiger partial charge in [-0.15, -0.1) is 0 Å². The van der Waals surface area contributed by atoms with E-state index in [0.29, 0.717) is 18.5 Å². The Balaban J connectivity index is 1.45. The zero-order chi connectivity index (χ0) is 17.2. The standard InChI is InChI=1S/C18H22N6O/c1-13-19-14(2)24(21-13)11-16-9-6-10-23(16)12-17-20-18(25-22-17)15-7-4-3-5-8-15/h3-5,7-8,16H,6,9-12H2,1-2H3/t16-/m1/s1. The first-order valence-electron chi connectivity index (χ1n) is 8.69. The molecule has 7 heteroatoms. The highest BCUT2D eigenvalue weighted by Crippen LogP contribution is 2.22. The number of benzene rings is 1. The zero-order valence-corrected chi connectivity index (χ0v) is 14.6. The van der Waals surface area contributed by atoms with Gasteiger partial charge in [0.25, 0.3) is 5.89 Å². The van der Waals surface area contributed by atoms with Crippen molar-refractivity contribution >= 4 is 0 Å². The maximum absolute atomic E-state index is 5.42. The first-order valence-corrected chi connectivity index (χ1v) is 8.69. The fourth-order valence-corrected chi connectivity index (χ4v) is 3.44. The lowest BCUT2D eigenvalue weighted by Gasteiger charge is -2.23. The number of aryl methyl sites for hydroxylation is 2. The zero-order valence-electron chi connectivity index (χ0n) is 14.6. The van der Waals surface area contributed by atoms with Crippen molar-refractivity contribution in [2.24, 2.45) is 0 Å². The highest BCUT2D eigenvalue weighted by atomic mass is 16.5. The molecule has 1 atom stereocenters. The van der Waals surface area contributed by atoms with Gasteiger partial charge in [0.15, 0.2) is 5.82 Å². The summed E-state index contributed by atoms with van der Waals surface area (Å²) in [4.78, 5) is 11.4. The van der Waals surface area contributed by atoms with Gasteiger partial charge in [-0.25, -0.2) is 9.67 Å². The molecule has 3 aromatic rings. The first-order chi connectivity index (χ1) is 12.2. The van der Waals surface area contributed by atoms with E-state index in [1.807, 2.05) is 48.9 Å². The van der Waals surface area contributed by atoms with Crippen LogP contribution in [0.15, 0.2) is 34.9 Å². The molecule has 0 saturated carbocycles. The molecule has 1 aromatic carbocycles. The number of hydrogen-bond acceptors (Lipinski definition) is 6. The Kier molecular flexibility index (Phi) is 4.31. The second kappa shape index (κ2) is 6.76. The van der Waals surface area contributed by atoms with Crippen LogP contribution < -0.4 is 0 Å². The van der Waals surface area contributed by atoms with Crippen LogP contribution in [0.2, 0.25) is 0 Å². The number of nitrogens with zero attached hydrogens (tertiary/aromatic N) is 6. The Morgan fingerprint density at radius 3 is 2.76 bits per heavy atom. The quantitative estimate of drug-likeness (QED) is 0.712. The van der Waals surface area contributed by atoms with E-state index in [4.69, 9.17) is 4.52 Å². The predicted molar refractivity (Wildman–Crippen MR) is 92.7 cm³/mol. The van der Waals surface area contributed by atoms with Crippen LogP contribution in [0.5, 0.6) is 0 Å². The van der Waals surface area contributed by atoms with Crippen molar-refractivity contribution in [3.8, 4) is 11.5 Å². The van der Waals surface area contributed by atoms with Gasteiger partial charge in [0.2, 0.25) is 0 Å². The predicted octanol–water partition coefficient (Wildman–Crippen LogP) is 2.61. The molecule has 0 aliphatic carbocycles. The Morgan fingerprint density at radius 2 is 2.00 bits per heavy atom. The molecule has 0 unspecified atom stereocenters. The average Bonchev–Trinajstić information content (AvgIpc) is 3.32. The van der Waals surface area contributed by atoms with Gasteiger partial charge in [-0.2, -0.15) is 10.1 Å². The van der Waals surface area contributed by atoms with Gasteiger partial charge >= 0.3 is 0 Å². The molecule has 0 N–H and O–H groups in total. The minimum Gasteiger partial charge on any atom is -0.334 e. The van der Waals surface area contributed by atoms with Gasteiger partial charge in [-0.05, 0) is 45.4 Å². The number of likely N-dealkylation sites (tertiary alicyclic amines) is 1. The van der Waals surface area contributed by atoms with Gasteiger partial charge in [0.1, 0.15) is 11.6 Å². The van der Waals surface area contributed by atoms with E-state index in [-0.39, 0.29) is 0 Å². The molecule has 0 amide bonds. The molecule has 25 heavy (non-hydrogen) atoms. The van der Waals surface area contributed by atoms with Crippen LogP contribution in [-0.4, -0.2) is 42.4 Å². The molecule has 1 saturated heterocycles. The molecular weight excluding hydrogens is 316 g/mol. The summed E-state index contributed by atoms with van der Waals surface area (Å²) < 4.78 is 7.43. The van der Waals surface area contributed by atoms with E-state index >= 15 is 0 Å². The van der Waals surface area contributed by atoms with Crippen LogP contribution in [0.4, 0.5) is 0 Å². The van der Waals surface area contributed by atoms with Crippen molar-refractivity contribution in [2.75, 3.05) is 6.54 Å². The Morgan fingerprint density at radius 1 is 1.16 bits per heavy atom. The SMILES string of the molecule is Cc1nc(C)n(C[C@H]2CCCN2Cc2noc(-c3ccccc3)n2)n1. The molecule has 2 aromatic heterocycles. The first kappa shape index (κ1) is 16.0. The lowest BCUT2D eigenvalue weighted by molar-refractivity contribution is 0.210. The summed E-state index contributed by atoms with van der Waals surface area (Å²) in [7, 11) is 0. The van der Waals surface area contributed by atoms with Crippen LogP contribution in [-0.2, 0) is 13.1 Å². The summed E-state index contributed by atoms with van der Waals surface area (Å²) in [5, 5.41) is 8.64. The second-order valence-corrected chi connectivity index (χ2v) is 6.54. The third-order valence-electron chi connectivity index (χ3n) is 4.68. The summed E-state index contributed by atoms with van der Waals surface area (Å²) >= 11 is 0. The lowest BCUT2D eigenvalue weighted by atomic mass is 10.2. The molecule has 1 aliphatic heterocycles. The molecule has 130 valence electrons. The van der Waals surface area contributed by atoms with Gasteiger partial charge in [0, 0.05) is 11.6 Å². The molecule has 1 aliphatic rings. The van der Waals surface area contributed by atoms with E-state index in [2.05, 4.69) is 25.1 Å². The third-order valence-corrected chi connectivity index (χ3v) is 4.68. The summed E-state index contributed by atoms with van der Waals surface area (Å²) in [5.74, 6) is 3.11. The fourth-order valence-electron chi connectivity index (χ4n) is 3.44. The minimum absolute atomic E-state index is 0.429. The maximum Gasteiger partial charge on any atom is 0.257 e. The normalized spacial score (nSPS) is 18.1. The van der Waals surface area contributed by atoms with Gasteiger partial charge in [-0.1, -0.05) is 23.4 Å². The molecule has 1 fully saturated rings. The fraction of sp³-hybridized carbons (Fsp3) is 0.444. The van der Waals surface area contributed by atoms with Crippen LogP contribution in [0.3, 0.4) is 0 Å². The number of rotatable bonds is 5. The van der Waals surface area contributed by atoms with Gasteiger partial charge in [-0.3, -0.25) is 4.90 Å². The summed E-state index contributed by atoms with van der Waals surface area (Å²) in [6, 6.07) is 10.3. The molecule has 0 bridgehead atoms. The molecule has 0 spiro atoms. The molecule has 3 heterocycles. The van der Waals surface area contributed by atoms with Crippen molar-refractivity contribution in [3.63, 3.8) is 0 Å². The number of hydrogen-bond donors (Lipinski definition) is 0. The van der Waals surface area contributed by atoms with E-state index in [1.165, 1.54) is 6.42 Å². The molecule has 4 rings (SSSR count). The summed E-state index contributed by atoms with van der Waals surface area (Å²) in [5.41, 5.74) is 0.952. The Hall–Kier alpha value is -2.54. The highest BCUT2D eigenvalue weighted by Gasteiger charge is 2.27. The summed E-state index contributed by atoms with van der Waals surface area (Å²) in [6.45, 7) is 6.54. The van der Waals surface area contributed by atoms with Crippen molar-refractivity contribution in [1.82, 2.24) is 29.8 Å². The van der Waals surface area contributed by atoms with Crippen molar-refractivity contribution in [2.45, 2.75) is 45.8 Å². The monoisotopic (exact) mass is 338 g/mol. The smallest absolute Gasteiger partial charge is 0.257 e. The molecule has 7 nitrogen and oxygen atoms in total. The van der Waals surface area contributed by atoms with Gasteiger partial charge < -0.3 is 4.52 Å². The average molecular weight is 338 g/mol. The number of aromatic nitrogens is 5. The Bertz CT molecular complexity index is 840. The molecular formula is C18H22N6O. The van der Waals surface area contributed by atoms with Crippen LogP contribution in [0.1, 0.15) is 30.3 Å². The van der Waals surface area contributed by atoms with Crippen molar-refractivity contribution < 1.29 is 4.52 Å². The summed E-state index contributed by atoms with van der Waals surface area (Å²) in [6.07, 6.45) is 2.34. The second-order valence-electron chi connectivity index (χ2n) is 6.54. The van der Waals surface area contributed by atoms with Crippen molar-refractivity contribution in [3.05, 3.63) is 47.8 Å². The van der Waals surface area contributed by atoms with Gasteiger partial charge in [0.05, 0.1) is 13.1 Å². The van der Waals surface area contributed by atoms with E-state index in [1.54, 1.807) is 0 Å². The molecule has 0 radical (unpaired) electrons. The highest BCUT2D eigenvalue weighted by molar-refractivity contribution is 5.51. The topological polar surface area (TPSA) is 72.9 Å². The maximum atomic E-state index is 5.42. The van der Waals surface area contributed by atoms with Crippen LogP contribution >= 0.6 is 0 Å². The van der Waals surface area contributed by atoms with Crippen LogP contribution in [0, 0.1) is 13.8 Å². The largest absolute Gasteiger partial charge is 0.334 e. The van der Waals surface area contributed by atoms with Crippen molar-refractivity contribution in [1.29, 1.82) is 0 Å². The lowest BCUT2D eigenvalue weighted by Crippen LogP contribution is -2.33. The van der Waals surface area contributed by atoms with E-state index in [0.717, 1.165) is 42.5 Å². The Labute approximate surface area is 146 Å². The third kappa shape index (κ3) is 3.46.